The maximum atomic E-state index is 11.9. The lowest BCUT2D eigenvalue weighted by Gasteiger charge is -2.30. The van der Waals surface area contributed by atoms with Gasteiger partial charge in [-0.2, -0.15) is 0 Å². The topological polar surface area (TPSA) is 88.6 Å². The Bertz CT molecular complexity index is 638. The third kappa shape index (κ3) is 1.71. The first-order valence-corrected chi connectivity index (χ1v) is 5.54. The molecule has 0 fully saturated rings. The number of para-hydroxylation sites is 2. The third-order valence-electron chi connectivity index (χ3n) is 2.84. The van der Waals surface area contributed by atoms with Crippen molar-refractivity contribution >= 4 is 23.2 Å². The third-order valence-corrected chi connectivity index (χ3v) is 2.84. The molecule has 7 heteroatoms. The number of anilines is 3. The molecule has 0 saturated heterocycles. The van der Waals surface area contributed by atoms with E-state index in [4.69, 9.17) is 4.42 Å². The summed E-state index contributed by atoms with van der Waals surface area (Å²) in [5.41, 5.74) is 1.04. The van der Waals surface area contributed by atoms with Crippen LogP contribution in [0.1, 0.15) is 0 Å². The summed E-state index contributed by atoms with van der Waals surface area (Å²) in [5.74, 6) is -0.441. The van der Waals surface area contributed by atoms with Crippen molar-refractivity contribution in [2.24, 2.45) is 0 Å². The Morgan fingerprint density at radius 3 is 2.74 bits per heavy atom. The van der Waals surface area contributed by atoms with E-state index in [9.17, 15) is 14.9 Å². The molecule has 0 aliphatic carbocycles. The highest BCUT2D eigenvalue weighted by atomic mass is 16.6. The summed E-state index contributed by atoms with van der Waals surface area (Å²) in [4.78, 5) is 23.6. The van der Waals surface area contributed by atoms with E-state index in [2.05, 4.69) is 5.32 Å². The molecule has 0 bridgehead atoms. The molecular formula is C12H9N3O4. The van der Waals surface area contributed by atoms with Crippen molar-refractivity contribution in [1.82, 2.24) is 0 Å². The van der Waals surface area contributed by atoms with Gasteiger partial charge in [-0.25, -0.2) is 4.90 Å². The minimum Gasteiger partial charge on any atom is -0.448 e. The highest BCUT2D eigenvalue weighted by Gasteiger charge is 2.43. The fourth-order valence-electron chi connectivity index (χ4n) is 2.07. The predicted molar refractivity (Wildman–Crippen MR) is 66.7 cm³/mol. The van der Waals surface area contributed by atoms with E-state index >= 15 is 0 Å². The summed E-state index contributed by atoms with van der Waals surface area (Å²) >= 11 is 0. The number of benzene rings is 1. The second-order valence-electron chi connectivity index (χ2n) is 3.99. The van der Waals surface area contributed by atoms with Gasteiger partial charge in [-0.15, -0.1) is 0 Å². The molecule has 0 spiro atoms. The minimum absolute atomic E-state index is 0.254. The van der Waals surface area contributed by atoms with Crippen LogP contribution in [0.4, 0.5) is 17.3 Å². The number of hydrogen-bond donors (Lipinski definition) is 1. The summed E-state index contributed by atoms with van der Waals surface area (Å²) in [6.07, 6.45) is -0.136. The number of rotatable bonds is 2. The van der Waals surface area contributed by atoms with Gasteiger partial charge in [0, 0.05) is 6.07 Å². The number of carbonyl (C=O) groups excluding carboxylic acids is 1. The van der Waals surface area contributed by atoms with Gasteiger partial charge in [-0.1, -0.05) is 12.1 Å². The Kier molecular flexibility index (Phi) is 2.45. The number of nitro groups is 1. The van der Waals surface area contributed by atoms with E-state index in [1.165, 1.54) is 11.2 Å². The van der Waals surface area contributed by atoms with Crippen molar-refractivity contribution in [2.75, 3.05) is 10.2 Å². The lowest BCUT2D eigenvalue weighted by molar-refractivity contribution is -0.505. The van der Waals surface area contributed by atoms with E-state index in [1.54, 1.807) is 36.4 Å². The Balaban J connectivity index is 2.19. The number of hydrogen-bond acceptors (Lipinski definition) is 5. The summed E-state index contributed by atoms with van der Waals surface area (Å²) < 4.78 is 5.20. The molecule has 0 radical (unpaired) electrons. The number of furan rings is 1. The maximum Gasteiger partial charge on any atom is 0.372 e. The predicted octanol–water partition coefficient (Wildman–Crippen LogP) is 1.97. The molecule has 1 amide bonds. The Labute approximate surface area is 107 Å². The second kappa shape index (κ2) is 4.13. The van der Waals surface area contributed by atoms with E-state index < -0.39 is 17.0 Å². The van der Waals surface area contributed by atoms with Crippen LogP contribution in [0.3, 0.4) is 0 Å². The normalized spacial score (nSPS) is 17.8. The number of amides is 1. The molecule has 2 aromatic rings. The Morgan fingerprint density at radius 1 is 1.26 bits per heavy atom. The molecule has 1 aromatic carbocycles. The smallest absolute Gasteiger partial charge is 0.372 e. The zero-order valence-corrected chi connectivity index (χ0v) is 9.65. The second-order valence-corrected chi connectivity index (χ2v) is 3.99. The van der Waals surface area contributed by atoms with Gasteiger partial charge in [0.1, 0.15) is 0 Å². The summed E-state index contributed by atoms with van der Waals surface area (Å²) in [6, 6.07) is 10.0. The fourth-order valence-corrected chi connectivity index (χ4v) is 2.07. The Hall–Kier alpha value is -2.83. The molecule has 0 unspecified atom stereocenters. The van der Waals surface area contributed by atoms with Crippen LogP contribution in [-0.2, 0) is 4.79 Å². The van der Waals surface area contributed by atoms with Crippen LogP contribution < -0.4 is 10.2 Å². The molecule has 1 aromatic heterocycles. The first kappa shape index (κ1) is 11.3. The number of nitrogens with one attached hydrogen (secondary N) is 1. The molecule has 1 aliphatic heterocycles. The zero-order valence-electron chi connectivity index (χ0n) is 9.65. The first-order valence-electron chi connectivity index (χ1n) is 5.54. The van der Waals surface area contributed by atoms with Crippen LogP contribution >= 0.6 is 0 Å². The molecule has 19 heavy (non-hydrogen) atoms. The average molecular weight is 259 g/mol. The van der Waals surface area contributed by atoms with Crippen molar-refractivity contribution < 1.29 is 14.1 Å². The molecular weight excluding hydrogens is 250 g/mol. The van der Waals surface area contributed by atoms with Crippen molar-refractivity contribution in [3.05, 3.63) is 52.8 Å². The quantitative estimate of drug-likeness (QED) is 0.658. The van der Waals surface area contributed by atoms with E-state index in [1.807, 2.05) is 0 Å². The highest BCUT2D eigenvalue weighted by molar-refractivity contribution is 6.04. The van der Waals surface area contributed by atoms with Gasteiger partial charge in [0.05, 0.1) is 22.6 Å². The van der Waals surface area contributed by atoms with Crippen LogP contribution in [-0.4, -0.2) is 17.0 Å². The molecule has 7 nitrogen and oxygen atoms in total. The lowest BCUT2D eigenvalue weighted by atomic mass is 10.1. The number of fused-ring (bicyclic) bond motifs is 1. The standard InChI is InChI=1S/C12H9N3O4/c16-11-12(15(17)18)14(10-6-3-7-19-10)9-5-2-1-4-8(9)13-11/h1-7,12H,(H,13,16)/t12-/m0/s1. The molecule has 1 aliphatic rings. The van der Waals surface area contributed by atoms with Crippen molar-refractivity contribution in [3.63, 3.8) is 0 Å². The van der Waals surface area contributed by atoms with E-state index in [-0.39, 0.29) is 5.88 Å². The molecule has 0 saturated carbocycles. The molecule has 3 rings (SSSR count). The largest absolute Gasteiger partial charge is 0.448 e. The minimum atomic E-state index is -1.54. The van der Waals surface area contributed by atoms with Crippen LogP contribution in [0.15, 0.2) is 47.1 Å². The van der Waals surface area contributed by atoms with E-state index in [0.717, 1.165) is 0 Å². The Morgan fingerprint density at radius 2 is 2.05 bits per heavy atom. The number of carbonyl (C=O) groups is 1. The van der Waals surface area contributed by atoms with Crippen molar-refractivity contribution in [2.45, 2.75) is 6.17 Å². The van der Waals surface area contributed by atoms with Gasteiger partial charge in [0.25, 0.3) is 0 Å². The molecule has 96 valence electrons. The number of nitrogens with zero attached hydrogens (tertiary/aromatic N) is 2. The van der Waals surface area contributed by atoms with Crippen LogP contribution in [0.25, 0.3) is 0 Å². The molecule has 1 atom stereocenters. The van der Waals surface area contributed by atoms with Crippen molar-refractivity contribution in [3.8, 4) is 0 Å². The van der Waals surface area contributed by atoms with Crippen LogP contribution in [0, 0.1) is 10.1 Å². The first-order chi connectivity index (χ1) is 9.18. The van der Waals surface area contributed by atoms with Crippen molar-refractivity contribution in [1.29, 1.82) is 0 Å². The zero-order chi connectivity index (χ0) is 13.4. The van der Waals surface area contributed by atoms with Gasteiger partial charge in [0.2, 0.25) is 5.88 Å². The van der Waals surface area contributed by atoms with Gasteiger partial charge in [-0.05, 0) is 18.2 Å². The lowest BCUT2D eigenvalue weighted by Crippen LogP contribution is -2.50. The average Bonchev–Trinajstić information content (AvgIpc) is 2.90. The van der Waals surface area contributed by atoms with Gasteiger partial charge >= 0.3 is 12.1 Å². The van der Waals surface area contributed by atoms with E-state index in [0.29, 0.717) is 11.4 Å². The monoisotopic (exact) mass is 259 g/mol. The van der Waals surface area contributed by atoms with Gasteiger partial charge < -0.3 is 9.73 Å². The highest BCUT2D eigenvalue weighted by Crippen LogP contribution is 2.37. The van der Waals surface area contributed by atoms with Gasteiger partial charge in [-0.3, -0.25) is 14.9 Å². The summed E-state index contributed by atoms with van der Waals surface area (Å²) in [6.45, 7) is 0. The molecule has 1 N–H and O–H groups in total. The summed E-state index contributed by atoms with van der Waals surface area (Å²) in [5, 5.41) is 13.7. The maximum absolute atomic E-state index is 11.9. The van der Waals surface area contributed by atoms with Crippen LogP contribution in [0.2, 0.25) is 0 Å². The summed E-state index contributed by atoms with van der Waals surface area (Å²) in [7, 11) is 0. The van der Waals surface area contributed by atoms with Gasteiger partial charge in [0.15, 0.2) is 0 Å². The molecule has 2 heterocycles. The van der Waals surface area contributed by atoms with Crippen LogP contribution in [0.5, 0.6) is 0 Å². The fraction of sp³-hybridized carbons (Fsp3) is 0.0833. The SMILES string of the molecule is O=C1Nc2ccccc2N(c2ccco2)[C@H]1[N+](=O)[O-].